The van der Waals surface area contributed by atoms with Gasteiger partial charge in [0.2, 0.25) is 5.91 Å². The van der Waals surface area contributed by atoms with Crippen molar-refractivity contribution in [3.63, 3.8) is 0 Å². The number of non-ortho nitro benzene ring substituents is 1. The molecule has 2 rings (SSSR count). The van der Waals surface area contributed by atoms with Crippen LogP contribution in [0.5, 0.6) is 0 Å². The molecule has 1 aromatic carbocycles. The van der Waals surface area contributed by atoms with Crippen molar-refractivity contribution in [3.8, 4) is 0 Å². The third-order valence-electron chi connectivity index (χ3n) is 3.35. The van der Waals surface area contributed by atoms with Gasteiger partial charge in [-0.05, 0) is 46.2 Å². The fourth-order valence-corrected chi connectivity index (χ4v) is 2.71. The van der Waals surface area contributed by atoms with E-state index in [9.17, 15) is 14.9 Å². The molecule has 1 amide bonds. The Balaban J connectivity index is 2.03. The topological polar surface area (TPSA) is 72.7 Å². The third-order valence-corrected chi connectivity index (χ3v) is 4.08. The first-order valence-corrected chi connectivity index (χ1v) is 8.26. The molecule has 7 heteroatoms. The molecule has 0 aliphatic rings. The molecular weight excluding hydrogens is 328 g/mol. The van der Waals surface area contributed by atoms with Crippen LogP contribution in [0, 0.1) is 10.1 Å². The molecule has 0 aliphatic heterocycles. The van der Waals surface area contributed by atoms with E-state index in [4.69, 9.17) is 4.74 Å². The highest BCUT2D eigenvalue weighted by atomic mass is 32.1. The molecule has 0 saturated heterocycles. The summed E-state index contributed by atoms with van der Waals surface area (Å²) in [6.07, 6.45) is 3.13. The van der Waals surface area contributed by atoms with Gasteiger partial charge in [0.25, 0.3) is 5.69 Å². The summed E-state index contributed by atoms with van der Waals surface area (Å²) in [6.45, 7) is 1.48. The number of ether oxygens (including phenoxy) is 1. The number of methoxy groups -OCH3 is 1. The number of hydrogen-bond acceptors (Lipinski definition) is 5. The van der Waals surface area contributed by atoms with E-state index >= 15 is 0 Å². The number of nitro groups is 1. The van der Waals surface area contributed by atoms with Gasteiger partial charge < -0.3 is 9.64 Å². The summed E-state index contributed by atoms with van der Waals surface area (Å²) in [5.74, 6) is -0.128. The van der Waals surface area contributed by atoms with Crippen LogP contribution in [0.15, 0.2) is 47.2 Å². The first-order chi connectivity index (χ1) is 11.6. The minimum Gasteiger partial charge on any atom is -0.383 e. The van der Waals surface area contributed by atoms with Crippen LogP contribution in [0.2, 0.25) is 0 Å². The molecule has 0 saturated carbocycles. The molecule has 1 heterocycles. The second kappa shape index (κ2) is 8.95. The molecule has 24 heavy (non-hydrogen) atoms. The summed E-state index contributed by atoms with van der Waals surface area (Å²) in [5, 5.41) is 14.6. The van der Waals surface area contributed by atoms with Crippen molar-refractivity contribution in [2.75, 3.05) is 20.3 Å². The molecule has 0 atom stereocenters. The Morgan fingerprint density at radius 2 is 2.08 bits per heavy atom. The fourth-order valence-electron chi connectivity index (χ4n) is 2.05. The second-order valence-corrected chi connectivity index (χ2v) is 5.85. The van der Waals surface area contributed by atoms with Gasteiger partial charge in [-0.15, -0.1) is 0 Å². The highest BCUT2D eigenvalue weighted by Crippen LogP contribution is 2.14. The van der Waals surface area contributed by atoms with Crippen molar-refractivity contribution in [2.24, 2.45) is 0 Å². The van der Waals surface area contributed by atoms with E-state index in [2.05, 4.69) is 0 Å². The number of benzene rings is 1. The van der Waals surface area contributed by atoms with Gasteiger partial charge >= 0.3 is 0 Å². The summed E-state index contributed by atoms with van der Waals surface area (Å²) in [5.41, 5.74) is 1.84. The highest BCUT2D eigenvalue weighted by Gasteiger charge is 2.11. The maximum absolute atomic E-state index is 12.4. The molecule has 126 valence electrons. The fraction of sp³-hybridized carbons (Fsp3) is 0.235. The number of thiophene rings is 1. The van der Waals surface area contributed by atoms with Gasteiger partial charge in [-0.1, -0.05) is 0 Å². The monoisotopic (exact) mass is 346 g/mol. The van der Waals surface area contributed by atoms with Crippen molar-refractivity contribution >= 4 is 29.0 Å². The molecule has 0 spiro atoms. The first kappa shape index (κ1) is 17.8. The zero-order chi connectivity index (χ0) is 17.4. The average Bonchev–Trinajstić information content (AvgIpc) is 3.10. The van der Waals surface area contributed by atoms with E-state index in [0.717, 1.165) is 11.1 Å². The van der Waals surface area contributed by atoms with Crippen LogP contribution in [0.4, 0.5) is 5.69 Å². The maximum Gasteiger partial charge on any atom is 0.269 e. The van der Waals surface area contributed by atoms with Crippen LogP contribution >= 0.6 is 11.3 Å². The number of carbonyl (C=O) groups is 1. The zero-order valence-electron chi connectivity index (χ0n) is 13.3. The van der Waals surface area contributed by atoms with Crippen LogP contribution in [0.1, 0.15) is 11.1 Å². The van der Waals surface area contributed by atoms with Crippen LogP contribution in [-0.4, -0.2) is 36.0 Å². The summed E-state index contributed by atoms with van der Waals surface area (Å²) < 4.78 is 5.06. The molecule has 1 aromatic heterocycles. The number of nitrogens with zero attached hydrogens (tertiary/aromatic N) is 2. The summed E-state index contributed by atoms with van der Waals surface area (Å²) in [4.78, 5) is 24.3. The van der Waals surface area contributed by atoms with Crippen LogP contribution < -0.4 is 0 Å². The van der Waals surface area contributed by atoms with Crippen LogP contribution in [-0.2, 0) is 16.1 Å². The Hall–Kier alpha value is -2.51. The number of rotatable bonds is 8. The molecule has 0 radical (unpaired) electrons. The van der Waals surface area contributed by atoms with Gasteiger partial charge in [-0.2, -0.15) is 11.3 Å². The van der Waals surface area contributed by atoms with Crippen molar-refractivity contribution in [3.05, 3.63) is 68.4 Å². The van der Waals surface area contributed by atoms with Crippen molar-refractivity contribution in [1.29, 1.82) is 0 Å². The summed E-state index contributed by atoms with van der Waals surface area (Å²) in [6, 6.07) is 8.04. The third kappa shape index (κ3) is 5.29. The first-order valence-electron chi connectivity index (χ1n) is 7.31. The average molecular weight is 346 g/mol. The predicted octanol–water partition coefficient (Wildman–Crippen LogP) is 3.34. The lowest BCUT2D eigenvalue weighted by molar-refractivity contribution is -0.384. The molecule has 0 unspecified atom stereocenters. The summed E-state index contributed by atoms with van der Waals surface area (Å²) in [7, 11) is 1.60. The van der Waals surface area contributed by atoms with Gasteiger partial charge in [0.05, 0.1) is 11.5 Å². The minimum atomic E-state index is -0.452. The molecular formula is C17H18N2O4S. The highest BCUT2D eigenvalue weighted by molar-refractivity contribution is 7.07. The van der Waals surface area contributed by atoms with Gasteiger partial charge in [0.1, 0.15) is 0 Å². The largest absolute Gasteiger partial charge is 0.383 e. The second-order valence-electron chi connectivity index (χ2n) is 5.07. The Labute approximate surface area is 144 Å². The molecule has 0 bridgehead atoms. The molecule has 0 fully saturated rings. The van der Waals surface area contributed by atoms with Crippen LogP contribution in [0.3, 0.4) is 0 Å². The number of nitro benzene ring substituents is 1. The molecule has 0 aliphatic carbocycles. The molecule has 2 aromatic rings. The normalized spacial score (nSPS) is 10.9. The Morgan fingerprint density at radius 1 is 1.33 bits per heavy atom. The van der Waals surface area contributed by atoms with Crippen LogP contribution in [0.25, 0.3) is 6.08 Å². The maximum atomic E-state index is 12.4. The lowest BCUT2D eigenvalue weighted by atomic mass is 10.2. The minimum absolute atomic E-state index is 0.0256. The van der Waals surface area contributed by atoms with Gasteiger partial charge in [0, 0.05) is 38.4 Å². The van der Waals surface area contributed by atoms with Gasteiger partial charge in [-0.25, -0.2) is 0 Å². The SMILES string of the molecule is COCCN(Cc1ccsc1)C(=O)/C=C/c1ccc([N+](=O)[O-])cc1. The van der Waals surface area contributed by atoms with E-state index in [-0.39, 0.29) is 11.6 Å². The lowest BCUT2D eigenvalue weighted by Crippen LogP contribution is -2.31. The number of carbonyl (C=O) groups excluding carboxylic acids is 1. The zero-order valence-corrected chi connectivity index (χ0v) is 14.1. The Kier molecular flexibility index (Phi) is 6.65. The van der Waals surface area contributed by atoms with Crippen molar-refractivity contribution < 1.29 is 14.5 Å². The van der Waals surface area contributed by atoms with Gasteiger partial charge in [0.15, 0.2) is 0 Å². The summed E-state index contributed by atoms with van der Waals surface area (Å²) >= 11 is 1.59. The standard InChI is InChI=1S/C17H18N2O4S/c1-23-10-9-18(12-15-8-11-24-13-15)17(20)7-4-14-2-5-16(6-3-14)19(21)22/h2-8,11,13H,9-10,12H2,1H3/b7-4+. The van der Waals surface area contributed by atoms with Crippen molar-refractivity contribution in [2.45, 2.75) is 6.54 Å². The van der Waals surface area contributed by atoms with E-state index in [1.54, 1.807) is 41.6 Å². The van der Waals surface area contributed by atoms with E-state index in [1.807, 2.05) is 16.8 Å². The van der Waals surface area contributed by atoms with E-state index in [1.165, 1.54) is 18.2 Å². The Morgan fingerprint density at radius 3 is 2.67 bits per heavy atom. The smallest absolute Gasteiger partial charge is 0.269 e. The predicted molar refractivity (Wildman–Crippen MR) is 93.7 cm³/mol. The Bertz CT molecular complexity index is 696. The van der Waals surface area contributed by atoms with Gasteiger partial charge in [-0.3, -0.25) is 14.9 Å². The van der Waals surface area contributed by atoms with Crippen molar-refractivity contribution in [1.82, 2.24) is 4.90 Å². The van der Waals surface area contributed by atoms with E-state index in [0.29, 0.717) is 19.7 Å². The van der Waals surface area contributed by atoms with E-state index < -0.39 is 4.92 Å². The molecule has 6 nitrogen and oxygen atoms in total. The number of hydrogen-bond donors (Lipinski definition) is 0. The quantitative estimate of drug-likeness (QED) is 0.417. The molecule has 0 N–H and O–H groups in total. The lowest BCUT2D eigenvalue weighted by Gasteiger charge is -2.20. The number of amides is 1.